The lowest BCUT2D eigenvalue weighted by molar-refractivity contribution is 0.438. The Morgan fingerprint density at radius 2 is 1.04 bits per heavy atom. The van der Waals surface area contributed by atoms with Crippen LogP contribution in [0, 0.1) is 0 Å². The van der Waals surface area contributed by atoms with Gasteiger partial charge in [-0.2, -0.15) is 9.97 Å². The number of hydrogen-bond acceptors (Lipinski definition) is 3. The largest absolute Gasteiger partial charge is 0.329 e. The zero-order chi connectivity index (χ0) is 50.9. The third-order valence-corrected chi connectivity index (χ3v) is 16.7. The molecule has 2 unspecified atom stereocenters. The molecule has 4 aromatic heterocycles. The summed E-state index contributed by atoms with van der Waals surface area (Å²) in [5.41, 5.74) is 10.9. The first-order valence-corrected chi connectivity index (χ1v) is 26.9. The summed E-state index contributed by atoms with van der Waals surface area (Å²) in [5.74, 6) is 2.07. The number of benzene rings is 9. The van der Waals surface area contributed by atoms with Crippen LogP contribution >= 0.6 is 0 Å². The molecule has 0 aliphatic heterocycles. The van der Waals surface area contributed by atoms with Gasteiger partial charge in [0, 0.05) is 66.3 Å². The number of nitrogens with zero attached hydrogens (tertiary/aromatic N) is 6. The van der Waals surface area contributed by atoms with Crippen molar-refractivity contribution in [1.82, 2.24) is 28.7 Å². The average Bonchev–Trinajstić information content (AvgIpc) is 4.35. The summed E-state index contributed by atoms with van der Waals surface area (Å²) >= 11 is 0. The number of hydrogen-bond donors (Lipinski definition) is 0. The van der Waals surface area contributed by atoms with Crippen molar-refractivity contribution in [2.45, 2.75) is 38.1 Å². The highest BCUT2D eigenvalue weighted by Gasteiger charge is 2.32. The Morgan fingerprint density at radius 3 is 1.73 bits per heavy atom. The molecule has 0 saturated heterocycles. The molecule has 14 aromatic rings. The summed E-state index contributed by atoms with van der Waals surface area (Å²) in [6.07, 6.45) is 10.8. The maximum Gasteiger partial charge on any atom is 0.238 e. The van der Waals surface area contributed by atoms with Gasteiger partial charge in [-0.1, -0.05) is 177 Å². The quantitative estimate of drug-likeness (QED) is 0.173. The summed E-state index contributed by atoms with van der Waals surface area (Å²) in [6, 6.07) is 78.1. The highest BCUT2D eigenvalue weighted by molar-refractivity contribution is 6.31. The third kappa shape index (κ3) is 6.64. The van der Waals surface area contributed by atoms with Crippen LogP contribution in [0.5, 0.6) is 0 Å². The Bertz CT molecular complexity index is 4890. The van der Waals surface area contributed by atoms with Crippen molar-refractivity contribution in [3.05, 3.63) is 248 Å². The molecule has 10 aromatic carbocycles. The molecule has 0 amide bonds. The Morgan fingerprint density at radius 1 is 0.442 bits per heavy atom. The predicted molar refractivity (Wildman–Crippen MR) is 321 cm³/mol. The number of fused-ring (bicyclic) bond motifs is 17. The van der Waals surface area contributed by atoms with Gasteiger partial charge in [-0.3, -0.25) is 4.57 Å². The summed E-state index contributed by atoms with van der Waals surface area (Å²) in [5, 5.41) is 15.5. The van der Waals surface area contributed by atoms with Gasteiger partial charge in [-0.25, -0.2) is 4.98 Å². The van der Waals surface area contributed by atoms with Gasteiger partial charge >= 0.3 is 0 Å². The highest BCUT2D eigenvalue weighted by Crippen LogP contribution is 2.48. The van der Waals surface area contributed by atoms with Crippen LogP contribution in [0.2, 0.25) is 0 Å². The Kier molecular flexibility index (Phi) is 9.47. The molecule has 0 N–H and O–H groups in total. The van der Waals surface area contributed by atoms with Crippen LogP contribution in [0.3, 0.4) is 0 Å². The van der Waals surface area contributed by atoms with E-state index in [0.717, 1.165) is 67.4 Å². The minimum Gasteiger partial charge on any atom is -0.329 e. The van der Waals surface area contributed by atoms with E-state index in [-0.39, 0.29) is 5.92 Å². The zero-order valence-electron chi connectivity index (χ0n) is 42.7. The fourth-order valence-electron chi connectivity index (χ4n) is 13.2. The van der Waals surface area contributed by atoms with Gasteiger partial charge in [0.1, 0.15) is 0 Å². The maximum atomic E-state index is 5.51. The molecule has 2 aliphatic carbocycles. The Labute approximate surface area is 444 Å². The first kappa shape index (κ1) is 43.7. The number of aromatic nitrogens is 6. The molecule has 2 atom stereocenters. The van der Waals surface area contributed by atoms with Gasteiger partial charge in [-0.05, 0) is 130 Å². The second kappa shape index (κ2) is 16.7. The van der Waals surface area contributed by atoms with E-state index in [1.165, 1.54) is 71.1 Å². The van der Waals surface area contributed by atoms with E-state index in [1.807, 2.05) is 12.1 Å². The highest BCUT2D eigenvalue weighted by atomic mass is 15.2. The molecule has 0 fully saturated rings. The molecule has 6 heteroatoms. The van der Waals surface area contributed by atoms with Crippen LogP contribution in [0.4, 0.5) is 0 Å². The smallest absolute Gasteiger partial charge is 0.238 e. The van der Waals surface area contributed by atoms with Crippen molar-refractivity contribution in [2.75, 3.05) is 0 Å². The minimum atomic E-state index is -0.413. The molecule has 16 rings (SSSR count). The molecule has 0 saturated carbocycles. The van der Waals surface area contributed by atoms with Gasteiger partial charge in [-0.15, -0.1) is 0 Å². The van der Waals surface area contributed by atoms with Crippen LogP contribution in [0.15, 0.2) is 237 Å². The van der Waals surface area contributed by atoms with Gasteiger partial charge in [0.05, 0.1) is 27.6 Å². The Hall–Kier alpha value is -9.65. The van der Waals surface area contributed by atoms with E-state index in [1.54, 1.807) is 0 Å². The fourth-order valence-corrected chi connectivity index (χ4v) is 13.2. The second-order valence-electron chi connectivity index (χ2n) is 21.5. The van der Waals surface area contributed by atoms with Crippen molar-refractivity contribution in [3.8, 4) is 34.4 Å². The van der Waals surface area contributed by atoms with Gasteiger partial charge in [0.25, 0.3) is 0 Å². The molecule has 4 heterocycles. The molecular formula is C71H50N6. The second-order valence-corrected chi connectivity index (χ2v) is 21.5. The summed E-state index contributed by atoms with van der Waals surface area (Å²) in [7, 11) is 0. The van der Waals surface area contributed by atoms with Crippen LogP contribution in [-0.4, -0.2) is 28.7 Å². The summed E-state index contributed by atoms with van der Waals surface area (Å²) in [6.45, 7) is 4.78. The SMILES string of the molecule is CC1Cc2cc3c1n(-c1ccccc1)c1ccc(cc31)c1ccc3c(c1)c1cc(c4cccc(c4)c4cccc2c4)c2c4ccccc4n(C4(C)C=CC=CC4)c2c1n3-c1nc(-c2ccccc2)nc(-c2ccccc2)n1. The van der Waals surface area contributed by atoms with Crippen molar-refractivity contribution in [2.24, 2.45) is 0 Å². The molecule has 12 bridgehead atoms. The predicted octanol–water partition coefficient (Wildman–Crippen LogP) is 18.0. The van der Waals surface area contributed by atoms with Crippen LogP contribution in [0.25, 0.3) is 132 Å². The standard InChI is InChI=1S/C71H50N6/c1-44-37-53-42-59-57-40-50(31-33-61(57)75(65(44)59)54-27-11-5-12-28-54)51-32-34-62-58(41-51)60-43-56(52-26-18-24-48(39-52)47-23-17-25-49(53)38-47)64-55-29-13-14-30-63(55)77(71(2)35-15-6-16-36-71)67(64)66(60)76(62)70-73-68(45-19-7-3-8-20-45)72-69(74-70)46-21-9-4-10-22-46/h3-35,38-44H,36-37H2,1-2H3. The Balaban J connectivity index is 1.14. The summed E-state index contributed by atoms with van der Waals surface area (Å²) < 4.78 is 7.48. The number of para-hydroxylation sites is 2. The molecule has 364 valence electrons. The molecule has 6 nitrogen and oxygen atoms in total. The van der Waals surface area contributed by atoms with E-state index >= 15 is 0 Å². The average molecular weight is 987 g/mol. The van der Waals surface area contributed by atoms with Gasteiger partial charge in [0.2, 0.25) is 5.95 Å². The van der Waals surface area contributed by atoms with Crippen LogP contribution in [0.1, 0.15) is 37.4 Å². The van der Waals surface area contributed by atoms with E-state index < -0.39 is 5.54 Å². The first-order valence-electron chi connectivity index (χ1n) is 26.9. The lowest BCUT2D eigenvalue weighted by Gasteiger charge is -2.31. The molecule has 0 spiro atoms. The molecule has 77 heavy (non-hydrogen) atoms. The number of rotatable bonds is 5. The lowest BCUT2D eigenvalue weighted by Crippen LogP contribution is -2.28. The van der Waals surface area contributed by atoms with E-state index in [2.05, 4.69) is 252 Å². The monoisotopic (exact) mass is 986 g/mol. The topological polar surface area (TPSA) is 53.5 Å². The van der Waals surface area contributed by atoms with E-state index in [0.29, 0.717) is 17.6 Å². The summed E-state index contributed by atoms with van der Waals surface area (Å²) in [4.78, 5) is 16.2. The normalized spacial score (nSPS) is 16.2. The van der Waals surface area contributed by atoms with E-state index in [4.69, 9.17) is 15.0 Å². The van der Waals surface area contributed by atoms with Crippen LogP contribution in [-0.2, 0) is 12.0 Å². The first-order chi connectivity index (χ1) is 37.9. The van der Waals surface area contributed by atoms with Gasteiger partial charge < -0.3 is 9.13 Å². The molecule has 2 aliphatic rings. The molecule has 0 radical (unpaired) electrons. The number of allylic oxidation sites excluding steroid dienone is 4. The lowest BCUT2D eigenvalue weighted by atomic mass is 9.89. The fraction of sp³-hybridized carbons (Fsp3) is 0.0845. The van der Waals surface area contributed by atoms with Crippen molar-refractivity contribution >= 4 is 97.6 Å². The zero-order valence-corrected chi connectivity index (χ0v) is 42.7. The van der Waals surface area contributed by atoms with Crippen molar-refractivity contribution < 1.29 is 0 Å². The minimum absolute atomic E-state index is 0.278. The van der Waals surface area contributed by atoms with Crippen LogP contribution < -0.4 is 0 Å². The third-order valence-electron chi connectivity index (χ3n) is 16.7. The van der Waals surface area contributed by atoms with Gasteiger partial charge in [0.15, 0.2) is 11.6 Å². The van der Waals surface area contributed by atoms with Crippen molar-refractivity contribution in [3.63, 3.8) is 0 Å². The maximum absolute atomic E-state index is 5.51. The van der Waals surface area contributed by atoms with E-state index in [9.17, 15) is 0 Å². The van der Waals surface area contributed by atoms with Crippen molar-refractivity contribution in [1.29, 1.82) is 0 Å². The molecular weight excluding hydrogens is 937 g/mol.